The average molecular weight is 369 g/mol. The third-order valence-electron chi connectivity index (χ3n) is 5.14. The predicted molar refractivity (Wildman–Crippen MR) is 106 cm³/mol. The molecule has 28 heavy (non-hydrogen) atoms. The molecule has 0 bridgehead atoms. The first-order valence-electron chi connectivity index (χ1n) is 9.40. The number of hydrogen-bond acceptors (Lipinski definition) is 3. The molecule has 0 saturated heterocycles. The monoisotopic (exact) mass is 369 g/mol. The molecule has 0 aliphatic heterocycles. The van der Waals surface area contributed by atoms with E-state index in [9.17, 15) is 4.79 Å². The maximum atomic E-state index is 12.6. The van der Waals surface area contributed by atoms with Gasteiger partial charge in [0.1, 0.15) is 18.0 Å². The summed E-state index contributed by atoms with van der Waals surface area (Å²) in [4.78, 5) is 17.4. The zero-order valence-electron chi connectivity index (χ0n) is 15.6. The van der Waals surface area contributed by atoms with Gasteiger partial charge < -0.3 is 9.14 Å². The number of imidazole rings is 1. The molecule has 0 N–H and O–H groups in total. The number of aromatic nitrogens is 3. The zero-order valence-corrected chi connectivity index (χ0v) is 15.6. The second-order valence-corrected chi connectivity index (χ2v) is 7.17. The average Bonchev–Trinajstić information content (AvgIpc) is 3.51. The van der Waals surface area contributed by atoms with Gasteiger partial charge in [0.25, 0.3) is 5.56 Å². The van der Waals surface area contributed by atoms with Crippen molar-refractivity contribution in [2.24, 2.45) is 0 Å². The van der Waals surface area contributed by atoms with E-state index < -0.39 is 0 Å². The quantitative estimate of drug-likeness (QED) is 0.537. The van der Waals surface area contributed by atoms with Crippen molar-refractivity contribution in [1.82, 2.24) is 14.0 Å². The van der Waals surface area contributed by atoms with Crippen LogP contribution < -0.4 is 10.3 Å². The van der Waals surface area contributed by atoms with Crippen molar-refractivity contribution in [3.63, 3.8) is 0 Å². The third kappa shape index (κ3) is 3.03. The zero-order chi connectivity index (χ0) is 19.1. The van der Waals surface area contributed by atoms with E-state index in [1.165, 1.54) is 24.6 Å². The van der Waals surface area contributed by atoms with Crippen LogP contribution in [0.4, 0.5) is 0 Å². The highest BCUT2D eigenvalue weighted by Crippen LogP contribution is 2.41. The molecule has 3 heterocycles. The molecule has 1 saturated carbocycles. The van der Waals surface area contributed by atoms with Crippen LogP contribution in [0.3, 0.4) is 0 Å². The van der Waals surface area contributed by atoms with E-state index >= 15 is 0 Å². The molecule has 5 rings (SSSR count). The minimum absolute atomic E-state index is 0.134. The van der Waals surface area contributed by atoms with Crippen molar-refractivity contribution in [2.45, 2.75) is 32.3 Å². The van der Waals surface area contributed by atoms with Crippen LogP contribution in [-0.4, -0.2) is 14.0 Å². The molecule has 5 heteroatoms. The highest BCUT2D eigenvalue weighted by atomic mass is 16.5. The molecule has 0 spiro atoms. The Balaban J connectivity index is 1.43. The van der Waals surface area contributed by atoms with Crippen LogP contribution in [0, 0.1) is 19.1 Å². The first-order chi connectivity index (χ1) is 13.7. The molecule has 0 amide bonds. The Kier molecular flexibility index (Phi) is 3.91. The van der Waals surface area contributed by atoms with E-state index in [4.69, 9.17) is 9.72 Å². The fourth-order valence-corrected chi connectivity index (χ4v) is 3.45. The Morgan fingerprint density at radius 2 is 2.11 bits per heavy atom. The fraction of sp³-hybridized carbons (Fsp3) is 0.217. The Morgan fingerprint density at radius 1 is 1.21 bits per heavy atom. The van der Waals surface area contributed by atoms with Crippen molar-refractivity contribution in [3.8, 4) is 11.4 Å². The summed E-state index contributed by atoms with van der Waals surface area (Å²) in [5.74, 6) is 1.15. The number of aryl methyl sites for hydroxylation is 1. The minimum Gasteiger partial charge on any atom is -0.489 e. The van der Waals surface area contributed by atoms with Crippen LogP contribution >= 0.6 is 0 Å². The maximum absolute atomic E-state index is 12.6. The number of nitrogens with zero attached hydrogens (tertiary/aromatic N) is 3. The van der Waals surface area contributed by atoms with Crippen LogP contribution in [0.25, 0.3) is 11.3 Å². The van der Waals surface area contributed by atoms with E-state index in [2.05, 4.69) is 23.5 Å². The van der Waals surface area contributed by atoms with Gasteiger partial charge in [0, 0.05) is 30.1 Å². The molecule has 0 atom stereocenters. The smallest absolute Gasteiger partial charge is 0.258 e. The summed E-state index contributed by atoms with van der Waals surface area (Å²) >= 11 is 0. The molecule has 138 valence electrons. The molecule has 4 aromatic rings. The summed E-state index contributed by atoms with van der Waals surface area (Å²) in [5, 5.41) is 0. The first kappa shape index (κ1) is 16.6. The predicted octanol–water partition coefficient (Wildman–Crippen LogP) is 3.85. The lowest BCUT2D eigenvalue weighted by Crippen LogP contribution is -2.17. The first-order valence-corrected chi connectivity index (χ1v) is 9.40. The summed E-state index contributed by atoms with van der Waals surface area (Å²) in [5.41, 5.74) is 4.92. The van der Waals surface area contributed by atoms with Crippen LogP contribution in [0.5, 0.6) is 5.75 Å². The Labute approximate surface area is 162 Å². The summed E-state index contributed by atoms with van der Waals surface area (Å²) in [7, 11) is 0. The van der Waals surface area contributed by atoms with Crippen LogP contribution in [0.2, 0.25) is 0 Å². The number of ether oxygens (including phenoxy) is 1. The molecule has 3 aromatic heterocycles. The third-order valence-corrected chi connectivity index (χ3v) is 5.14. The highest BCUT2D eigenvalue weighted by Gasteiger charge is 2.28. The van der Waals surface area contributed by atoms with E-state index in [1.807, 2.05) is 30.5 Å². The van der Waals surface area contributed by atoms with E-state index in [-0.39, 0.29) is 5.56 Å². The molecule has 1 aliphatic carbocycles. The minimum atomic E-state index is -0.134. The van der Waals surface area contributed by atoms with Gasteiger partial charge in [0.15, 0.2) is 0 Å². The van der Waals surface area contributed by atoms with Gasteiger partial charge in [-0.3, -0.25) is 9.36 Å². The van der Waals surface area contributed by atoms with Gasteiger partial charge in [-0.2, -0.15) is 0 Å². The fourth-order valence-electron chi connectivity index (χ4n) is 3.45. The summed E-state index contributed by atoms with van der Waals surface area (Å²) in [6, 6.07) is 18.5. The second kappa shape index (κ2) is 6.58. The van der Waals surface area contributed by atoms with Gasteiger partial charge in [0.2, 0.25) is 0 Å². The summed E-state index contributed by atoms with van der Waals surface area (Å²) in [6.45, 7) is 2.48. The van der Waals surface area contributed by atoms with Crippen molar-refractivity contribution in [3.05, 3.63) is 94.3 Å². The standard InChI is InChI=1S/C23H19N3O2/c1-16-23(18-7-8-18)24-21-10-9-19(14-26(16)21)25-12-11-20(13-22(25)27)28-15-17-5-3-2-4-6-17/h3,5-6,9-14,18H,7-8,15H2,1H3. The Morgan fingerprint density at radius 3 is 2.86 bits per heavy atom. The van der Waals surface area contributed by atoms with E-state index in [0.717, 1.165) is 22.6 Å². The number of pyridine rings is 2. The highest BCUT2D eigenvalue weighted by molar-refractivity contribution is 5.49. The summed E-state index contributed by atoms with van der Waals surface area (Å²) < 4.78 is 9.42. The molecule has 0 radical (unpaired) electrons. The molecule has 5 nitrogen and oxygen atoms in total. The van der Waals surface area contributed by atoms with E-state index in [1.54, 1.807) is 22.9 Å². The SMILES string of the molecule is Cc1c(C2CC2)nc2ccc(-n3ccc(OCc4cc#ccc4)cc3=O)cn12. The van der Waals surface area contributed by atoms with Crippen molar-refractivity contribution < 1.29 is 4.74 Å². The Bertz CT molecular complexity index is 1200. The van der Waals surface area contributed by atoms with Gasteiger partial charge >= 0.3 is 0 Å². The largest absolute Gasteiger partial charge is 0.489 e. The van der Waals surface area contributed by atoms with Crippen LogP contribution in [-0.2, 0) is 6.61 Å². The molecule has 0 unspecified atom stereocenters. The van der Waals surface area contributed by atoms with Crippen molar-refractivity contribution in [1.29, 1.82) is 0 Å². The van der Waals surface area contributed by atoms with Gasteiger partial charge in [-0.25, -0.2) is 4.98 Å². The lowest BCUT2D eigenvalue weighted by atomic mass is 10.2. The van der Waals surface area contributed by atoms with Gasteiger partial charge in [-0.1, -0.05) is 12.1 Å². The van der Waals surface area contributed by atoms with E-state index in [0.29, 0.717) is 18.3 Å². The maximum Gasteiger partial charge on any atom is 0.258 e. The molecule has 1 fully saturated rings. The normalized spacial score (nSPS) is 13.5. The van der Waals surface area contributed by atoms with Crippen LogP contribution in [0.1, 0.15) is 35.7 Å². The van der Waals surface area contributed by atoms with Gasteiger partial charge in [-0.15, -0.1) is 0 Å². The molecule has 1 aliphatic rings. The van der Waals surface area contributed by atoms with Gasteiger partial charge in [0.05, 0.1) is 11.4 Å². The van der Waals surface area contributed by atoms with Gasteiger partial charge in [-0.05, 0) is 61.7 Å². The number of fused-ring (bicyclic) bond motifs is 1. The molecular formula is C23H19N3O2. The molecule has 1 aromatic carbocycles. The van der Waals surface area contributed by atoms with Crippen molar-refractivity contribution in [2.75, 3.05) is 0 Å². The number of rotatable bonds is 5. The lowest BCUT2D eigenvalue weighted by Gasteiger charge is -2.09. The van der Waals surface area contributed by atoms with Crippen LogP contribution in [0.15, 0.2) is 59.7 Å². The second-order valence-electron chi connectivity index (χ2n) is 7.17. The molecular weight excluding hydrogens is 350 g/mol. The topological polar surface area (TPSA) is 48.5 Å². The summed E-state index contributed by atoms with van der Waals surface area (Å²) in [6.07, 6.45) is 6.16. The van der Waals surface area contributed by atoms with Crippen molar-refractivity contribution >= 4 is 5.65 Å². The number of hydrogen-bond donors (Lipinski definition) is 0. The Hall–Kier alpha value is -3.52. The lowest BCUT2D eigenvalue weighted by molar-refractivity contribution is 0.305.